The van der Waals surface area contributed by atoms with E-state index in [-0.39, 0.29) is 12.3 Å². The molecule has 31 heavy (non-hydrogen) atoms. The average molecular weight is 437 g/mol. The van der Waals surface area contributed by atoms with Gasteiger partial charge in [-0.2, -0.15) is 8.78 Å². The minimum Gasteiger partial charge on any atom is -0.493 e. The van der Waals surface area contributed by atoms with Crippen molar-refractivity contribution in [3.05, 3.63) is 47.0 Å². The number of alkyl halides is 2. The van der Waals surface area contributed by atoms with Crippen LogP contribution >= 0.6 is 0 Å². The van der Waals surface area contributed by atoms with E-state index in [1.807, 2.05) is 19.9 Å². The Hall–Kier alpha value is -3.23. The van der Waals surface area contributed by atoms with E-state index < -0.39 is 6.61 Å². The predicted molar refractivity (Wildman–Crippen MR) is 116 cm³/mol. The van der Waals surface area contributed by atoms with E-state index in [0.29, 0.717) is 41.9 Å². The number of hydrogen-bond donors (Lipinski definition) is 2. The summed E-state index contributed by atoms with van der Waals surface area (Å²) in [5, 5.41) is 6.36. The second-order valence-electron chi connectivity index (χ2n) is 6.53. The first-order chi connectivity index (χ1) is 14.9. The SMILES string of the molecule is CCNC(=NCc1cc(C)ccc1OC(F)F)NCc1ccc(OC)c(OC)c1OC. The van der Waals surface area contributed by atoms with Crippen LogP contribution in [0.25, 0.3) is 0 Å². The quantitative estimate of drug-likeness (QED) is 0.434. The number of methoxy groups -OCH3 is 3. The van der Waals surface area contributed by atoms with Crippen molar-refractivity contribution in [1.82, 2.24) is 10.6 Å². The number of aliphatic imine (C=N–C) groups is 1. The molecule has 0 aliphatic heterocycles. The zero-order valence-electron chi connectivity index (χ0n) is 18.4. The summed E-state index contributed by atoms with van der Waals surface area (Å²) in [6.45, 7) is 2.11. The number of nitrogens with one attached hydrogen (secondary N) is 2. The van der Waals surface area contributed by atoms with Crippen LogP contribution in [0.5, 0.6) is 23.0 Å². The smallest absolute Gasteiger partial charge is 0.387 e. The maximum atomic E-state index is 12.7. The van der Waals surface area contributed by atoms with Crippen LogP contribution in [0.2, 0.25) is 0 Å². The fourth-order valence-electron chi connectivity index (χ4n) is 3.03. The minimum absolute atomic E-state index is 0.113. The Morgan fingerprint density at radius 1 is 0.935 bits per heavy atom. The Balaban J connectivity index is 2.21. The third kappa shape index (κ3) is 6.63. The van der Waals surface area contributed by atoms with Gasteiger partial charge >= 0.3 is 6.61 Å². The Bertz CT molecular complexity index is 891. The normalized spacial score (nSPS) is 11.3. The lowest BCUT2D eigenvalue weighted by molar-refractivity contribution is -0.0504. The number of aryl methyl sites for hydroxylation is 1. The first-order valence-electron chi connectivity index (χ1n) is 9.77. The number of benzene rings is 2. The molecular weight excluding hydrogens is 408 g/mol. The second-order valence-corrected chi connectivity index (χ2v) is 6.53. The molecule has 0 amide bonds. The highest BCUT2D eigenvalue weighted by molar-refractivity contribution is 5.80. The van der Waals surface area contributed by atoms with Crippen molar-refractivity contribution in [2.75, 3.05) is 27.9 Å². The molecule has 170 valence electrons. The van der Waals surface area contributed by atoms with Gasteiger partial charge in [-0.1, -0.05) is 17.7 Å². The Morgan fingerprint density at radius 2 is 1.65 bits per heavy atom. The van der Waals surface area contributed by atoms with E-state index in [9.17, 15) is 8.78 Å². The van der Waals surface area contributed by atoms with Crippen LogP contribution in [0.3, 0.4) is 0 Å². The Labute approximate surface area is 181 Å². The van der Waals surface area contributed by atoms with Crippen molar-refractivity contribution in [2.24, 2.45) is 4.99 Å². The van der Waals surface area contributed by atoms with Gasteiger partial charge in [-0.15, -0.1) is 0 Å². The number of ether oxygens (including phenoxy) is 4. The summed E-state index contributed by atoms with van der Waals surface area (Å²) < 4.78 is 46.2. The van der Waals surface area contributed by atoms with E-state index in [4.69, 9.17) is 14.2 Å². The Morgan fingerprint density at radius 3 is 2.26 bits per heavy atom. The van der Waals surface area contributed by atoms with Crippen LogP contribution in [0.4, 0.5) is 8.78 Å². The van der Waals surface area contributed by atoms with Crippen LogP contribution in [0.1, 0.15) is 23.6 Å². The van der Waals surface area contributed by atoms with Gasteiger partial charge in [0.2, 0.25) is 5.75 Å². The van der Waals surface area contributed by atoms with Crippen molar-refractivity contribution >= 4 is 5.96 Å². The van der Waals surface area contributed by atoms with E-state index in [1.54, 1.807) is 39.5 Å². The van der Waals surface area contributed by atoms with E-state index in [1.165, 1.54) is 6.07 Å². The largest absolute Gasteiger partial charge is 0.493 e. The molecule has 0 aliphatic carbocycles. The summed E-state index contributed by atoms with van der Waals surface area (Å²) in [5.41, 5.74) is 2.34. The molecule has 0 fully saturated rings. The molecule has 2 N–H and O–H groups in total. The monoisotopic (exact) mass is 437 g/mol. The first kappa shape index (κ1) is 24.0. The van der Waals surface area contributed by atoms with Crippen molar-refractivity contribution < 1.29 is 27.7 Å². The van der Waals surface area contributed by atoms with Crippen LogP contribution < -0.4 is 29.6 Å². The second kappa shape index (κ2) is 11.8. The summed E-state index contributed by atoms with van der Waals surface area (Å²) in [5.74, 6) is 2.25. The fourth-order valence-corrected chi connectivity index (χ4v) is 3.03. The van der Waals surface area contributed by atoms with E-state index in [0.717, 1.165) is 11.1 Å². The van der Waals surface area contributed by atoms with Gasteiger partial charge in [0, 0.05) is 24.2 Å². The molecule has 0 saturated heterocycles. The zero-order valence-corrected chi connectivity index (χ0v) is 18.4. The van der Waals surface area contributed by atoms with Gasteiger partial charge in [-0.05, 0) is 32.0 Å². The van der Waals surface area contributed by atoms with E-state index >= 15 is 0 Å². The summed E-state index contributed by atoms with van der Waals surface area (Å²) in [6.07, 6.45) is 0. The van der Waals surface area contributed by atoms with Crippen molar-refractivity contribution in [3.63, 3.8) is 0 Å². The van der Waals surface area contributed by atoms with Crippen molar-refractivity contribution in [2.45, 2.75) is 33.5 Å². The van der Waals surface area contributed by atoms with Gasteiger partial charge in [0.05, 0.1) is 27.9 Å². The zero-order chi connectivity index (χ0) is 22.8. The molecule has 0 bridgehead atoms. The molecule has 0 atom stereocenters. The summed E-state index contributed by atoms with van der Waals surface area (Å²) in [4.78, 5) is 4.51. The highest BCUT2D eigenvalue weighted by Gasteiger charge is 2.16. The minimum atomic E-state index is -2.89. The fraction of sp³-hybridized carbons (Fsp3) is 0.409. The lowest BCUT2D eigenvalue weighted by Crippen LogP contribution is -2.36. The van der Waals surface area contributed by atoms with Crippen molar-refractivity contribution in [1.29, 1.82) is 0 Å². The summed E-state index contributed by atoms with van der Waals surface area (Å²) in [7, 11) is 4.66. The molecule has 9 heteroatoms. The molecular formula is C22H29F2N3O4. The number of halogens is 2. The van der Waals surface area contributed by atoms with Gasteiger partial charge in [-0.3, -0.25) is 0 Å². The summed E-state index contributed by atoms with van der Waals surface area (Å²) >= 11 is 0. The molecule has 2 aromatic rings. The van der Waals surface area contributed by atoms with Crippen LogP contribution in [-0.4, -0.2) is 40.4 Å². The van der Waals surface area contributed by atoms with Crippen LogP contribution in [0, 0.1) is 6.92 Å². The van der Waals surface area contributed by atoms with Gasteiger partial charge in [0.1, 0.15) is 5.75 Å². The van der Waals surface area contributed by atoms with E-state index in [2.05, 4.69) is 20.4 Å². The topological polar surface area (TPSA) is 73.3 Å². The van der Waals surface area contributed by atoms with Crippen molar-refractivity contribution in [3.8, 4) is 23.0 Å². The molecule has 7 nitrogen and oxygen atoms in total. The number of hydrogen-bond acceptors (Lipinski definition) is 5. The lowest BCUT2D eigenvalue weighted by atomic mass is 10.1. The van der Waals surface area contributed by atoms with Crippen LogP contribution in [-0.2, 0) is 13.1 Å². The van der Waals surface area contributed by atoms with Gasteiger partial charge in [0.25, 0.3) is 0 Å². The first-order valence-corrected chi connectivity index (χ1v) is 9.77. The average Bonchev–Trinajstić information content (AvgIpc) is 2.76. The van der Waals surface area contributed by atoms with Gasteiger partial charge in [0.15, 0.2) is 17.5 Å². The molecule has 2 aromatic carbocycles. The molecule has 0 heterocycles. The molecule has 0 unspecified atom stereocenters. The Kier molecular flexibility index (Phi) is 9.17. The highest BCUT2D eigenvalue weighted by atomic mass is 19.3. The number of nitrogens with zero attached hydrogens (tertiary/aromatic N) is 1. The third-order valence-corrected chi connectivity index (χ3v) is 4.42. The molecule has 0 saturated carbocycles. The molecule has 0 aliphatic rings. The lowest BCUT2D eigenvalue weighted by Gasteiger charge is -2.17. The maximum Gasteiger partial charge on any atom is 0.387 e. The number of rotatable bonds is 10. The molecule has 0 aromatic heterocycles. The molecule has 2 rings (SSSR count). The third-order valence-electron chi connectivity index (χ3n) is 4.42. The summed E-state index contributed by atoms with van der Waals surface area (Å²) in [6, 6.07) is 8.69. The number of guanidine groups is 1. The highest BCUT2D eigenvalue weighted by Crippen LogP contribution is 2.39. The standard InChI is InChI=1S/C22H29F2N3O4/c1-6-25-22(27-13-16-11-14(2)7-9-17(16)31-21(23)24)26-12-15-8-10-18(28-3)20(30-5)19(15)29-4/h7-11,21H,6,12-13H2,1-5H3,(H2,25,26,27). The maximum absolute atomic E-state index is 12.7. The van der Waals surface area contributed by atoms with Gasteiger partial charge in [-0.25, -0.2) is 4.99 Å². The molecule has 0 radical (unpaired) electrons. The van der Waals surface area contributed by atoms with Gasteiger partial charge < -0.3 is 29.6 Å². The predicted octanol–water partition coefficient (Wildman–Crippen LogP) is 3.88. The van der Waals surface area contributed by atoms with Crippen LogP contribution in [0.15, 0.2) is 35.3 Å². The molecule has 0 spiro atoms.